The summed E-state index contributed by atoms with van der Waals surface area (Å²) in [6.07, 6.45) is 1.60. The number of hydrogen-bond donors (Lipinski definition) is 1. The van der Waals surface area contributed by atoms with Crippen LogP contribution in [0.3, 0.4) is 0 Å². The molecule has 5 nitrogen and oxygen atoms in total. The van der Waals surface area contributed by atoms with Crippen LogP contribution in [0.25, 0.3) is 11.6 Å². The lowest BCUT2D eigenvalue weighted by Crippen LogP contribution is -2.03. The Morgan fingerprint density at radius 1 is 1.25 bits per heavy atom. The molecule has 1 aliphatic heterocycles. The Morgan fingerprint density at radius 3 is 2.85 bits per heavy atom. The molecule has 1 aromatic heterocycles. The highest BCUT2D eigenvalue weighted by Crippen LogP contribution is 2.32. The molecule has 0 radical (unpaired) electrons. The molecule has 2 heterocycles. The summed E-state index contributed by atoms with van der Waals surface area (Å²) in [5.41, 5.74) is 2.09. The van der Waals surface area contributed by atoms with Crippen molar-refractivity contribution in [2.75, 3.05) is 12.4 Å². The Hall–Kier alpha value is -2.82. The van der Waals surface area contributed by atoms with Gasteiger partial charge >= 0.3 is 5.97 Å². The topological polar surface area (TPSA) is 68.5 Å². The van der Waals surface area contributed by atoms with Gasteiger partial charge in [-0.2, -0.15) is 0 Å². The number of rotatable bonds is 2. The van der Waals surface area contributed by atoms with Crippen LogP contribution in [0.1, 0.15) is 21.9 Å². The monoisotopic (exact) mass is 269 g/mol. The quantitative estimate of drug-likeness (QED) is 0.672. The number of carbonyl (C=O) groups is 2. The average Bonchev–Trinajstić information content (AvgIpc) is 3.04. The van der Waals surface area contributed by atoms with Gasteiger partial charge < -0.3 is 14.5 Å². The van der Waals surface area contributed by atoms with Gasteiger partial charge in [0, 0.05) is 11.3 Å². The van der Waals surface area contributed by atoms with E-state index in [0.717, 1.165) is 11.3 Å². The Morgan fingerprint density at radius 2 is 2.05 bits per heavy atom. The normalized spacial score (nSPS) is 15.1. The average molecular weight is 269 g/mol. The van der Waals surface area contributed by atoms with Crippen LogP contribution in [0.4, 0.5) is 5.69 Å². The maximum Gasteiger partial charge on any atom is 0.373 e. The second kappa shape index (κ2) is 4.70. The molecular weight excluding hydrogens is 258 g/mol. The van der Waals surface area contributed by atoms with Gasteiger partial charge in [-0.15, -0.1) is 0 Å². The zero-order valence-corrected chi connectivity index (χ0v) is 10.7. The molecule has 20 heavy (non-hydrogen) atoms. The van der Waals surface area contributed by atoms with Crippen molar-refractivity contribution in [2.45, 2.75) is 0 Å². The van der Waals surface area contributed by atoms with Crippen LogP contribution in [0, 0.1) is 0 Å². The molecule has 0 aliphatic carbocycles. The van der Waals surface area contributed by atoms with Crippen LogP contribution in [-0.2, 0) is 9.53 Å². The number of anilines is 1. The van der Waals surface area contributed by atoms with Gasteiger partial charge in [-0.3, -0.25) is 4.79 Å². The van der Waals surface area contributed by atoms with Gasteiger partial charge in [-0.05, 0) is 24.3 Å². The van der Waals surface area contributed by atoms with Gasteiger partial charge in [0.25, 0.3) is 5.91 Å². The highest BCUT2D eigenvalue weighted by atomic mass is 16.5. The second-order valence-corrected chi connectivity index (χ2v) is 4.25. The highest BCUT2D eigenvalue weighted by Gasteiger charge is 2.24. The third-order valence-electron chi connectivity index (χ3n) is 3.01. The number of hydrogen-bond acceptors (Lipinski definition) is 4. The van der Waals surface area contributed by atoms with E-state index in [-0.39, 0.29) is 11.7 Å². The molecule has 0 saturated carbocycles. The minimum atomic E-state index is -0.550. The Balaban J connectivity index is 1.98. The predicted octanol–water partition coefficient (Wildman–Crippen LogP) is 2.56. The summed E-state index contributed by atoms with van der Waals surface area (Å²) < 4.78 is 9.89. The van der Waals surface area contributed by atoms with Crippen molar-refractivity contribution in [3.8, 4) is 0 Å². The molecule has 0 unspecified atom stereocenters. The van der Waals surface area contributed by atoms with Crippen molar-refractivity contribution in [2.24, 2.45) is 0 Å². The van der Waals surface area contributed by atoms with Crippen LogP contribution in [-0.4, -0.2) is 19.0 Å². The molecule has 5 heteroatoms. The minimum Gasteiger partial charge on any atom is -0.463 e. The SMILES string of the molecule is COC(=O)c1ccc(C=C2C(=O)Nc3ccccc32)o1. The van der Waals surface area contributed by atoms with E-state index in [0.29, 0.717) is 11.3 Å². The van der Waals surface area contributed by atoms with Crippen molar-refractivity contribution in [1.29, 1.82) is 0 Å². The molecule has 0 spiro atoms. The van der Waals surface area contributed by atoms with Gasteiger partial charge in [0.15, 0.2) is 0 Å². The molecular formula is C15H11NO4. The molecule has 1 aliphatic rings. The summed E-state index contributed by atoms with van der Waals surface area (Å²) in [4.78, 5) is 23.2. The number of benzene rings is 1. The number of para-hydroxylation sites is 1. The standard InChI is InChI=1S/C15H11NO4/c1-19-15(18)13-7-6-9(20-13)8-11-10-4-2-3-5-12(10)16-14(11)17/h2-8H,1H3,(H,16,17). The fourth-order valence-electron chi connectivity index (χ4n) is 2.07. The number of fused-ring (bicyclic) bond motifs is 1. The van der Waals surface area contributed by atoms with Crippen LogP contribution in [0.15, 0.2) is 40.8 Å². The molecule has 100 valence electrons. The van der Waals surface area contributed by atoms with Crippen LogP contribution >= 0.6 is 0 Å². The number of carbonyl (C=O) groups excluding carboxylic acids is 2. The first kappa shape index (κ1) is 12.2. The van der Waals surface area contributed by atoms with Gasteiger partial charge in [0.05, 0.1) is 12.7 Å². The Kier molecular flexibility index (Phi) is 2.87. The zero-order chi connectivity index (χ0) is 14.1. The summed E-state index contributed by atoms with van der Waals surface area (Å²) in [6.45, 7) is 0. The Bertz CT molecular complexity index is 727. The number of ether oxygens (including phenoxy) is 1. The molecule has 0 fully saturated rings. The fraction of sp³-hybridized carbons (Fsp3) is 0.0667. The summed E-state index contributed by atoms with van der Waals surface area (Å²) in [6, 6.07) is 10.5. The van der Waals surface area contributed by atoms with Crippen LogP contribution in [0.5, 0.6) is 0 Å². The molecule has 1 N–H and O–H groups in total. The van der Waals surface area contributed by atoms with Crippen LogP contribution < -0.4 is 5.32 Å². The smallest absolute Gasteiger partial charge is 0.373 e. The van der Waals surface area contributed by atoms with E-state index in [1.54, 1.807) is 12.1 Å². The van der Waals surface area contributed by atoms with Gasteiger partial charge in [0.2, 0.25) is 5.76 Å². The van der Waals surface area contributed by atoms with Crippen molar-refractivity contribution < 1.29 is 18.7 Å². The van der Waals surface area contributed by atoms with E-state index in [1.165, 1.54) is 13.2 Å². The van der Waals surface area contributed by atoms with E-state index in [9.17, 15) is 9.59 Å². The lowest BCUT2D eigenvalue weighted by atomic mass is 10.1. The van der Waals surface area contributed by atoms with Gasteiger partial charge in [0.1, 0.15) is 5.76 Å². The third kappa shape index (κ3) is 1.99. The van der Waals surface area contributed by atoms with E-state index in [2.05, 4.69) is 10.1 Å². The van der Waals surface area contributed by atoms with E-state index in [1.807, 2.05) is 24.3 Å². The lowest BCUT2D eigenvalue weighted by Gasteiger charge is -1.96. The first-order valence-corrected chi connectivity index (χ1v) is 5.99. The number of amides is 1. The molecule has 0 atom stereocenters. The summed E-state index contributed by atoms with van der Waals surface area (Å²) in [7, 11) is 1.28. The fourth-order valence-corrected chi connectivity index (χ4v) is 2.07. The largest absolute Gasteiger partial charge is 0.463 e. The maximum atomic E-state index is 11.9. The molecule has 0 saturated heterocycles. The van der Waals surface area contributed by atoms with E-state index in [4.69, 9.17) is 4.42 Å². The first-order chi connectivity index (χ1) is 9.69. The predicted molar refractivity (Wildman–Crippen MR) is 73.0 cm³/mol. The second-order valence-electron chi connectivity index (χ2n) is 4.25. The molecule has 1 aromatic carbocycles. The van der Waals surface area contributed by atoms with Crippen LogP contribution in [0.2, 0.25) is 0 Å². The highest BCUT2D eigenvalue weighted by molar-refractivity contribution is 6.34. The summed E-state index contributed by atoms with van der Waals surface area (Å²) >= 11 is 0. The molecule has 1 amide bonds. The number of esters is 1. The maximum absolute atomic E-state index is 11.9. The lowest BCUT2D eigenvalue weighted by molar-refractivity contribution is -0.110. The number of methoxy groups -OCH3 is 1. The Labute approximate surface area is 114 Å². The number of furan rings is 1. The summed E-state index contributed by atoms with van der Waals surface area (Å²) in [5.74, 6) is -0.216. The van der Waals surface area contributed by atoms with Crippen molar-refractivity contribution in [3.63, 3.8) is 0 Å². The summed E-state index contributed by atoms with van der Waals surface area (Å²) in [5, 5.41) is 2.77. The van der Waals surface area contributed by atoms with Crippen molar-refractivity contribution in [1.82, 2.24) is 0 Å². The van der Waals surface area contributed by atoms with Crippen molar-refractivity contribution in [3.05, 3.63) is 53.5 Å². The molecule has 3 rings (SSSR count). The van der Waals surface area contributed by atoms with E-state index >= 15 is 0 Å². The zero-order valence-electron chi connectivity index (χ0n) is 10.7. The minimum absolute atomic E-state index is 0.103. The first-order valence-electron chi connectivity index (χ1n) is 5.99. The van der Waals surface area contributed by atoms with E-state index < -0.39 is 5.97 Å². The molecule has 0 bridgehead atoms. The third-order valence-corrected chi connectivity index (χ3v) is 3.01. The number of nitrogens with one attached hydrogen (secondary N) is 1. The van der Waals surface area contributed by atoms with Gasteiger partial charge in [-0.1, -0.05) is 18.2 Å². The van der Waals surface area contributed by atoms with Crippen molar-refractivity contribution >= 4 is 29.2 Å². The molecule has 2 aromatic rings. The van der Waals surface area contributed by atoms with Gasteiger partial charge in [-0.25, -0.2) is 4.79 Å².